The fourth-order valence-electron chi connectivity index (χ4n) is 3.95. The summed E-state index contributed by atoms with van der Waals surface area (Å²) in [5, 5.41) is 2.98. The number of ether oxygens (including phenoxy) is 1. The second-order valence-corrected chi connectivity index (χ2v) is 7.91. The molecule has 1 aromatic rings. The van der Waals surface area contributed by atoms with Crippen LogP contribution in [-0.4, -0.2) is 24.5 Å². The Labute approximate surface area is 161 Å². The van der Waals surface area contributed by atoms with Gasteiger partial charge in [-0.3, -0.25) is 9.59 Å². The molecule has 0 aromatic heterocycles. The third-order valence-corrected chi connectivity index (χ3v) is 5.38. The second kappa shape index (κ2) is 8.59. The fourth-order valence-corrected chi connectivity index (χ4v) is 3.95. The van der Waals surface area contributed by atoms with E-state index in [1.54, 1.807) is 11.8 Å². The Morgan fingerprint density at radius 1 is 1.30 bits per heavy atom. The number of rotatable bonds is 6. The number of anilines is 2. The molecule has 0 spiro atoms. The zero-order valence-corrected chi connectivity index (χ0v) is 16.4. The first-order valence-corrected chi connectivity index (χ1v) is 10.0. The number of hydrogen-bond acceptors (Lipinski definition) is 3. The Kier molecular flexibility index (Phi) is 6.19. The molecule has 2 amide bonds. The minimum Gasteiger partial charge on any atom is -0.479 e. The van der Waals surface area contributed by atoms with E-state index in [9.17, 15) is 9.59 Å². The number of hydrogen-bond donors (Lipinski definition) is 1. The normalized spacial score (nSPS) is 20.0. The van der Waals surface area contributed by atoms with Crippen LogP contribution in [0.25, 0.3) is 0 Å². The largest absolute Gasteiger partial charge is 0.479 e. The summed E-state index contributed by atoms with van der Waals surface area (Å²) in [6.07, 6.45) is 7.40. The van der Waals surface area contributed by atoms with Crippen LogP contribution in [0.2, 0.25) is 0 Å². The van der Waals surface area contributed by atoms with Crippen LogP contribution >= 0.6 is 0 Å². The molecule has 1 aromatic carbocycles. The van der Waals surface area contributed by atoms with Gasteiger partial charge in [-0.2, -0.15) is 0 Å². The molecule has 1 atom stereocenters. The summed E-state index contributed by atoms with van der Waals surface area (Å²) in [5.41, 5.74) is 2.27. The molecule has 1 aliphatic heterocycles. The van der Waals surface area contributed by atoms with Gasteiger partial charge in [-0.1, -0.05) is 44.3 Å². The van der Waals surface area contributed by atoms with E-state index in [0.717, 1.165) is 12.0 Å². The number of amides is 2. The predicted octanol–water partition coefficient (Wildman–Crippen LogP) is 4.68. The van der Waals surface area contributed by atoms with Gasteiger partial charge in [0, 0.05) is 18.7 Å². The maximum atomic E-state index is 12.5. The highest BCUT2D eigenvalue weighted by Crippen LogP contribution is 2.37. The lowest BCUT2D eigenvalue weighted by Crippen LogP contribution is -2.45. The monoisotopic (exact) mass is 370 g/mol. The standard InChI is InChI=1S/C22H30N2O3/c1-15(2)14-24-19-13-18(10-11-20(19)27-16(3)22(24)26)23-21(25)12-9-17-7-5-4-6-8-17/h10-11,13,16-17H,1,4-9,12,14H2,2-3H3,(H,23,25). The number of carbonyl (C=O) groups excluding carboxylic acids is 2. The van der Waals surface area contributed by atoms with Crippen molar-refractivity contribution in [1.29, 1.82) is 0 Å². The first kappa shape index (κ1) is 19.5. The SMILES string of the molecule is C=C(C)CN1C(=O)C(C)Oc2ccc(NC(=O)CCC3CCCCC3)cc21. The Balaban J connectivity index is 1.67. The highest BCUT2D eigenvalue weighted by atomic mass is 16.5. The fraction of sp³-hybridized carbons (Fsp3) is 0.545. The van der Waals surface area contributed by atoms with Gasteiger partial charge in [-0.25, -0.2) is 0 Å². The maximum Gasteiger partial charge on any atom is 0.268 e. The molecule has 1 aliphatic carbocycles. The Morgan fingerprint density at radius 2 is 2.04 bits per heavy atom. The van der Waals surface area contributed by atoms with E-state index < -0.39 is 6.10 Å². The van der Waals surface area contributed by atoms with E-state index >= 15 is 0 Å². The Morgan fingerprint density at radius 3 is 2.74 bits per heavy atom. The van der Waals surface area contributed by atoms with Crippen LogP contribution in [0.4, 0.5) is 11.4 Å². The lowest BCUT2D eigenvalue weighted by molar-refractivity contribution is -0.125. The van der Waals surface area contributed by atoms with Crippen LogP contribution in [-0.2, 0) is 9.59 Å². The van der Waals surface area contributed by atoms with Crippen molar-refractivity contribution in [2.75, 3.05) is 16.8 Å². The lowest BCUT2D eigenvalue weighted by Gasteiger charge is -2.33. The van der Waals surface area contributed by atoms with Crippen LogP contribution < -0.4 is 15.0 Å². The van der Waals surface area contributed by atoms with Crippen LogP contribution in [0.15, 0.2) is 30.4 Å². The van der Waals surface area contributed by atoms with Gasteiger partial charge in [-0.15, -0.1) is 0 Å². The second-order valence-electron chi connectivity index (χ2n) is 7.91. The highest BCUT2D eigenvalue weighted by Gasteiger charge is 2.31. The van der Waals surface area contributed by atoms with E-state index in [2.05, 4.69) is 11.9 Å². The predicted molar refractivity (Wildman–Crippen MR) is 108 cm³/mol. The van der Waals surface area contributed by atoms with Crippen LogP contribution in [0.5, 0.6) is 5.75 Å². The van der Waals surface area contributed by atoms with Crippen molar-refractivity contribution in [2.45, 2.75) is 64.9 Å². The Hall–Kier alpha value is -2.30. The van der Waals surface area contributed by atoms with Crippen LogP contribution in [0.3, 0.4) is 0 Å². The molecule has 3 rings (SSSR count). The molecule has 0 saturated heterocycles. The molecule has 5 nitrogen and oxygen atoms in total. The summed E-state index contributed by atoms with van der Waals surface area (Å²) < 4.78 is 5.71. The van der Waals surface area contributed by atoms with Crippen molar-refractivity contribution in [3.63, 3.8) is 0 Å². The van der Waals surface area contributed by atoms with Gasteiger partial charge in [0.15, 0.2) is 6.10 Å². The van der Waals surface area contributed by atoms with Crippen LogP contribution in [0.1, 0.15) is 58.8 Å². The molecule has 0 radical (unpaired) electrons. The third-order valence-electron chi connectivity index (χ3n) is 5.38. The van der Waals surface area contributed by atoms with E-state index in [1.807, 2.05) is 25.1 Å². The molecule has 1 unspecified atom stereocenters. The van der Waals surface area contributed by atoms with Crippen molar-refractivity contribution in [2.24, 2.45) is 5.92 Å². The molecule has 1 heterocycles. The number of fused-ring (bicyclic) bond motifs is 1. The van der Waals surface area contributed by atoms with Crippen molar-refractivity contribution in [1.82, 2.24) is 0 Å². The maximum absolute atomic E-state index is 12.5. The van der Waals surface area contributed by atoms with Crippen molar-refractivity contribution >= 4 is 23.2 Å². The van der Waals surface area contributed by atoms with E-state index in [1.165, 1.54) is 32.1 Å². The molecule has 27 heavy (non-hydrogen) atoms. The van der Waals surface area contributed by atoms with Gasteiger partial charge >= 0.3 is 0 Å². The topological polar surface area (TPSA) is 58.6 Å². The first-order valence-electron chi connectivity index (χ1n) is 10.0. The smallest absolute Gasteiger partial charge is 0.268 e. The van der Waals surface area contributed by atoms with Gasteiger partial charge in [0.25, 0.3) is 5.91 Å². The molecule has 2 aliphatic rings. The highest BCUT2D eigenvalue weighted by molar-refractivity contribution is 6.01. The molecule has 1 fully saturated rings. The number of benzene rings is 1. The number of carbonyl (C=O) groups is 2. The van der Waals surface area contributed by atoms with Gasteiger partial charge in [-0.05, 0) is 44.4 Å². The molecule has 1 saturated carbocycles. The molecule has 1 N–H and O–H groups in total. The van der Waals surface area contributed by atoms with E-state index in [0.29, 0.717) is 36.0 Å². The molecule has 5 heteroatoms. The zero-order chi connectivity index (χ0) is 19.4. The first-order chi connectivity index (χ1) is 12.9. The summed E-state index contributed by atoms with van der Waals surface area (Å²) in [4.78, 5) is 26.6. The average molecular weight is 370 g/mol. The third kappa shape index (κ3) is 4.90. The average Bonchev–Trinajstić information content (AvgIpc) is 2.65. The Bertz CT molecular complexity index is 722. The summed E-state index contributed by atoms with van der Waals surface area (Å²) in [7, 11) is 0. The number of nitrogens with one attached hydrogen (secondary N) is 1. The summed E-state index contributed by atoms with van der Waals surface area (Å²) in [6, 6.07) is 5.47. The summed E-state index contributed by atoms with van der Waals surface area (Å²) in [5.74, 6) is 1.28. The molecular weight excluding hydrogens is 340 g/mol. The quantitative estimate of drug-likeness (QED) is 0.740. The van der Waals surface area contributed by atoms with Gasteiger partial charge in [0.05, 0.1) is 5.69 Å². The van der Waals surface area contributed by atoms with Crippen LogP contribution in [0, 0.1) is 5.92 Å². The van der Waals surface area contributed by atoms with E-state index in [-0.39, 0.29) is 11.8 Å². The molecule has 0 bridgehead atoms. The lowest BCUT2D eigenvalue weighted by atomic mass is 9.86. The van der Waals surface area contributed by atoms with Gasteiger partial charge in [0.2, 0.25) is 5.91 Å². The molecular formula is C22H30N2O3. The van der Waals surface area contributed by atoms with Gasteiger partial charge in [0.1, 0.15) is 5.75 Å². The summed E-state index contributed by atoms with van der Waals surface area (Å²) in [6.45, 7) is 8.00. The van der Waals surface area contributed by atoms with Crippen molar-refractivity contribution in [3.8, 4) is 5.75 Å². The minimum absolute atomic E-state index is 0.0309. The zero-order valence-electron chi connectivity index (χ0n) is 16.4. The van der Waals surface area contributed by atoms with Gasteiger partial charge < -0.3 is 15.0 Å². The van der Waals surface area contributed by atoms with Crippen molar-refractivity contribution in [3.05, 3.63) is 30.4 Å². The molecule has 146 valence electrons. The van der Waals surface area contributed by atoms with Crippen molar-refractivity contribution < 1.29 is 14.3 Å². The minimum atomic E-state index is -0.521. The van der Waals surface area contributed by atoms with E-state index in [4.69, 9.17) is 4.74 Å². The summed E-state index contributed by atoms with van der Waals surface area (Å²) >= 11 is 0. The number of nitrogens with zero attached hydrogens (tertiary/aromatic N) is 1.